The number of carbonyl (C=O) groups excluding carboxylic acids is 2. The van der Waals surface area contributed by atoms with Crippen LogP contribution in [-0.4, -0.2) is 22.2 Å². The largest absolute Gasteiger partial charge is 0.352 e. The predicted octanol–water partition coefficient (Wildman–Crippen LogP) is 3.71. The number of halogens is 2. The van der Waals surface area contributed by atoms with Gasteiger partial charge in [0.25, 0.3) is 0 Å². The summed E-state index contributed by atoms with van der Waals surface area (Å²) in [6.45, 7) is 1.90. The van der Waals surface area contributed by atoms with E-state index >= 15 is 0 Å². The highest BCUT2D eigenvalue weighted by atomic mass is 35.5. The zero-order valence-corrected chi connectivity index (χ0v) is 16.0. The lowest BCUT2D eigenvalue weighted by Gasteiger charge is -2.09. The van der Waals surface area contributed by atoms with Gasteiger partial charge in [-0.05, 0) is 30.7 Å². The molecule has 8 heteroatoms. The Hall–Kier alpha value is -2.38. The minimum atomic E-state index is -0.580. The Labute approximate surface area is 165 Å². The van der Waals surface area contributed by atoms with Gasteiger partial charge < -0.3 is 10.6 Å². The Bertz CT molecular complexity index is 899. The third kappa shape index (κ3) is 4.87. The fourth-order valence-electron chi connectivity index (χ4n) is 2.52. The first-order valence-corrected chi connectivity index (χ1v) is 9.51. The van der Waals surface area contributed by atoms with Crippen molar-refractivity contribution in [3.63, 3.8) is 0 Å². The maximum Gasteiger partial charge on any atom is 0.240 e. The molecule has 1 fully saturated rings. The summed E-state index contributed by atoms with van der Waals surface area (Å²) in [6, 6.07) is 11.9. The van der Waals surface area contributed by atoms with Crippen molar-refractivity contribution in [3.8, 4) is 0 Å². The number of amides is 2. The number of nitrogens with one attached hydrogen (secondary N) is 2. The summed E-state index contributed by atoms with van der Waals surface area (Å²) < 4.78 is 13.7. The van der Waals surface area contributed by atoms with Crippen molar-refractivity contribution in [3.05, 3.63) is 64.4 Å². The normalized spacial score (nSPS) is 17.8. The number of carbonyl (C=O) groups is 2. The van der Waals surface area contributed by atoms with Crippen LogP contribution in [0, 0.1) is 12.7 Å². The first-order valence-electron chi connectivity index (χ1n) is 8.25. The number of amidine groups is 1. The van der Waals surface area contributed by atoms with Gasteiger partial charge in [-0.3, -0.25) is 9.59 Å². The molecule has 0 aliphatic carbocycles. The molecule has 0 bridgehead atoms. The first kappa shape index (κ1) is 19.4. The van der Waals surface area contributed by atoms with Crippen molar-refractivity contribution in [2.24, 2.45) is 4.99 Å². The lowest BCUT2D eigenvalue weighted by atomic mass is 10.2. The zero-order chi connectivity index (χ0) is 19.4. The second kappa shape index (κ2) is 8.54. The fraction of sp³-hybridized carbons (Fsp3) is 0.211. The van der Waals surface area contributed by atoms with Gasteiger partial charge in [0, 0.05) is 23.6 Å². The Morgan fingerprint density at radius 1 is 1.30 bits per heavy atom. The maximum atomic E-state index is 13.7. The number of thioether (sulfide) groups is 1. The maximum absolute atomic E-state index is 13.7. The summed E-state index contributed by atoms with van der Waals surface area (Å²) in [6.07, 6.45) is -0.0324. The van der Waals surface area contributed by atoms with Crippen molar-refractivity contribution in [1.82, 2.24) is 10.6 Å². The van der Waals surface area contributed by atoms with Crippen molar-refractivity contribution in [1.29, 1.82) is 0 Å². The van der Waals surface area contributed by atoms with Crippen LogP contribution < -0.4 is 10.6 Å². The Morgan fingerprint density at radius 2 is 2.07 bits per heavy atom. The van der Waals surface area contributed by atoms with Crippen LogP contribution in [0.5, 0.6) is 0 Å². The lowest BCUT2D eigenvalue weighted by molar-refractivity contribution is -0.125. The number of nitrogens with zero attached hydrogens (tertiary/aromatic N) is 1. The third-order valence-electron chi connectivity index (χ3n) is 4.01. The minimum Gasteiger partial charge on any atom is -0.352 e. The molecule has 3 rings (SSSR count). The molecular weight excluding hydrogens is 389 g/mol. The van der Waals surface area contributed by atoms with Gasteiger partial charge in [0.1, 0.15) is 11.1 Å². The quantitative estimate of drug-likeness (QED) is 0.796. The standard InChI is InChI=1S/C19H17ClFN3O2S/c1-11-5-2-3-8-15(11)23-19-24-18(26)16(27-19)9-17(25)22-10-12-13(20)6-4-7-14(12)21/h2-8,16H,9-10H2,1H3,(H,22,25)(H,23,24,26). The number of benzene rings is 2. The molecule has 2 aromatic rings. The smallest absolute Gasteiger partial charge is 0.240 e. The van der Waals surface area contributed by atoms with Crippen LogP contribution in [-0.2, 0) is 16.1 Å². The van der Waals surface area contributed by atoms with Gasteiger partial charge in [-0.25, -0.2) is 9.38 Å². The van der Waals surface area contributed by atoms with Crippen LogP contribution in [0.15, 0.2) is 47.5 Å². The van der Waals surface area contributed by atoms with Crippen LogP contribution in [0.1, 0.15) is 17.5 Å². The number of hydrogen-bond acceptors (Lipinski definition) is 4. The SMILES string of the molecule is Cc1ccccc1N=C1NC(=O)C(CC(=O)NCc2c(F)cccc2Cl)S1. The molecule has 2 amide bonds. The molecule has 0 saturated carbocycles. The van der Waals surface area contributed by atoms with E-state index in [-0.39, 0.29) is 35.4 Å². The average Bonchev–Trinajstić information content (AvgIpc) is 2.95. The van der Waals surface area contributed by atoms with Crippen LogP contribution in [0.25, 0.3) is 0 Å². The number of aliphatic imine (C=N–C) groups is 1. The molecule has 1 aliphatic heterocycles. The second-order valence-electron chi connectivity index (χ2n) is 5.98. The monoisotopic (exact) mass is 405 g/mol. The summed E-state index contributed by atoms with van der Waals surface area (Å²) >= 11 is 7.15. The van der Waals surface area contributed by atoms with E-state index in [9.17, 15) is 14.0 Å². The Balaban J connectivity index is 1.59. The van der Waals surface area contributed by atoms with Gasteiger partial charge in [-0.2, -0.15) is 0 Å². The summed E-state index contributed by atoms with van der Waals surface area (Å²) in [5, 5.41) is 5.42. The molecule has 1 aliphatic rings. The molecule has 27 heavy (non-hydrogen) atoms. The molecular formula is C19H17ClFN3O2S. The van der Waals surface area contributed by atoms with Crippen molar-refractivity contribution in [2.75, 3.05) is 0 Å². The van der Waals surface area contributed by atoms with Crippen molar-refractivity contribution < 1.29 is 14.0 Å². The lowest BCUT2D eigenvalue weighted by Crippen LogP contribution is -2.31. The molecule has 1 heterocycles. The molecule has 1 atom stereocenters. The number of hydrogen-bond donors (Lipinski definition) is 2. The minimum absolute atomic E-state index is 0.0324. The highest BCUT2D eigenvalue weighted by molar-refractivity contribution is 8.15. The topological polar surface area (TPSA) is 70.6 Å². The van der Waals surface area contributed by atoms with Crippen LogP contribution in [0.3, 0.4) is 0 Å². The van der Waals surface area contributed by atoms with Crippen molar-refractivity contribution in [2.45, 2.75) is 25.1 Å². The summed E-state index contributed by atoms with van der Waals surface area (Å²) in [5.41, 5.74) is 1.97. The summed E-state index contributed by atoms with van der Waals surface area (Å²) in [5.74, 6) is -1.12. The zero-order valence-electron chi connectivity index (χ0n) is 14.5. The fourth-order valence-corrected chi connectivity index (χ4v) is 3.73. The van der Waals surface area contributed by atoms with E-state index in [2.05, 4.69) is 15.6 Å². The van der Waals surface area contributed by atoms with Gasteiger partial charge in [0.2, 0.25) is 11.8 Å². The Kier molecular flexibility index (Phi) is 6.13. The third-order valence-corrected chi connectivity index (χ3v) is 5.44. The molecule has 5 nitrogen and oxygen atoms in total. The van der Waals surface area contributed by atoms with E-state index < -0.39 is 11.1 Å². The highest BCUT2D eigenvalue weighted by Crippen LogP contribution is 2.26. The Morgan fingerprint density at radius 3 is 2.81 bits per heavy atom. The number of aryl methyl sites for hydroxylation is 1. The van der Waals surface area contributed by atoms with Gasteiger partial charge >= 0.3 is 0 Å². The summed E-state index contributed by atoms with van der Waals surface area (Å²) in [4.78, 5) is 28.7. The first-order chi connectivity index (χ1) is 12.9. The molecule has 2 N–H and O–H groups in total. The number of rotatable bonds is 5. The van der Waals surface area contributed by atoms with E-state index in [4.69, 9.17) is 11.6 Å². The molecule has 0 aromatic heterocycles. The van der Waals surface area contributed by atoms with Crippen LogP contribution in [0.4, 0.5) is 10.1 Å². The average molecular weight is 406 g/mol. The molecule has 0 radical (unpaired) electrons. The van der Waals surface area contributed by atoms with E-state index in [0.717, 1.165) is 11.3 Å². The van der Waals surface area contributed by atoms with Crippen LogP contribution >= 0.6 is 23.4 Å². The van der Waals surface area contributed by atoms with E-state index in [1.54, 1.807) is 6.07 Å². The summed E-state index contributed by atoms with van der Waals surface area (Å²) in [7, 11) is 0. The molecule has 1 saturated heterocycles. The molecule has 1 unspecified atom stereocenters. The van der Waals surface area contributed by atoms with Gasteiger partial charge in [-0.1, -0.05) is 47.6 Å². The predicted molar refractivity (Wildman–Crippen MR) is 106 cm³/mol. The van der Waals surface area contributed by atoms with Crippen LogP contribution in [0.2, 0.25) is 5.02 Å². The van der Waals surface area contributed by atoms with Gasteiger partial charge in [-0.15, -0.1) is 0 Å². The highest BCUT2D eigenvalue weighted by Gasteiger charge is 2.32. The van der Waals surface area contributed by atoms with E-state index in [0.29, 0.717) is 5.17 Å². The number of para-hydroxylation sites is 1. The van der Waals surface area contributed by atoms with Crippen molar-refractivity contribution >= 4 is 46.0 Å². The molecule has 2 aromatic carbocycles. The van der Waals surface area contributed by atoms with E-state index in [1.807, 2.05) is 31.2 Å². The van der Waals surface area contributed by atoms with Gasteiger partial charge in [0.15, 0.2) is 5.17 Å². The molecule has 0 spiro atoms. The van der Waals surface area contributed by atoms with E-state index in [1.165, 1.54) is 23.9 Å². The second-order valence-corrected chi connectivity index (χ2v) is 7.58. The molecule has 140 valence electrons. The van der Waals surface area contributed by atoms with Gasteiger partial charge in [0.05, 0.1) is 5.69 Å².